The summed E-state index contributed by atoms with van der Waals surface area (Å²) in [5.74, 6) is 0. The molecular weight excluding hydrogens is 265 g/mol. The van der Waals surface area contributed by atoms with Crippen LogP contribution in [0.25, 0.3) is 0 Å². The van der Waals surface area contributed by atoms with Crippen molar-refractivity contribution < 1.29 is 4.92 Å². The molecule has 10 heavy (non-hydrogen) atoms. The first-order chi connectivity index (χ1) is 4.63. The standard InChI is InChI=1S/C5H4INO2S/c1-3-2-10-5(6)4(3)7(8)9/h2H,1H3. The molecule has 0 atom stereocenters. The Hall–Kier alpha value is -0.170. The highest BCUT2D eigenvalue weighted by molar-refractivity contribution is 14.1. The van der Waals surface area contributed by atoms with Crippen molar-refractivity contribution in [1.29, 1.82) is 0 Å². The van der Waals surface area contributed by atoms with Gasteiger partial charge in [-0.1, -0.05) is 0 Å². The SMILES string of the molecule is Cc1csc(I)c1[N+](=O)[O-]. The van der Waals surface area contributed by atoms with Crippen LogP contribution in [0.2, 0.25) is 0 Å². The van der Waals surface area contributed by atoms with E-state index in [0.29, 0.717) is 0 Å². The first kappa shape index (κ1) is 7.93. The smallest absolute Gasteiger partial charge is 0.258 e. The number of thiophene rings is 1. The Labute approximate surface area is 75.4 Å². The second kappa shape index (κ2) is 2.83. The second-order valence-electron chi connectivity index (χ2n) is 1.80. The molecule has 0 bridgehead atoms. The van der Waals surface area contributed by atoms with E-state index in [-0.39, 0.29) is 10.6 Å². The van der Waals surface area contributed by atoms with Crippen LogP contribution < -0.4 is 0 Å². The molecule has 3 nitrogen and oxygen atoms in total. The fourth-order valence-corrected chi connectivity index (χ4v) is 2.37. The van der Waals surface area contributed by atoms with Crippen LogP contribution in [0, 0.1) is 19.9 Å². The van der Waals surface area contributed by atoms with Crippen LogP contribution in [-0.4, -0.2) is 4.92 Å². The van der Waals surface area contributed by atoms with Crippen molar-refractivity contribution in [3.05, 3.63) is 23.9 Å². The van der Waals surface area contributed by atoms with Crippen LogP contribution in [0.3, 0.4) is 0 Å². The van der Waals surface area contributed by atoms with E-state index in [2.05, 4.69) is 0 Å². The van der Waals surface area contributed by atoms with Crippen molar-refractivity contribution in [3.63, 3.8) is 0 Å². The van der Waals surface area contributed by atoms with Gasteiger partial charge in [0, 0.05) is 10.9 Å². The number of nitro groups is 1. The lowest BCUT2D eigenvalue weighted by atomic mass is 10.3. The lowest BCUT2D eigenvalue weighted by Crippen LogP contribution is -1.88. The van der Waals surface area contributed by atoms with E-state index in [0.717, 1.165) is 8.45 Å². The highest BCUT2D eigenvalue weighted by Gasteiger charge is 2.16. The fraction of sp³-hybridized carbons (Fsp3) is 0.200. The molecular formula is C5H4INO2S. The molecule has 1 heterocycles. The molecule has 0 saturated heterocycles. The first-order valence-corrected chi connectivity index (χ1v) is 4.46. The van der Waals surface area contributed by atoms with Gasteiger partial charge in [0.05, 0.1) is 4.92 Å². The predicted molar refractivity (Wildman–Crippen MR) is 48.4 cm³/mol. The molecule has 0 N–H and O–H groups in total. The van der Waals surface area contributed by atoms with Gasteiger partial charge in [0.2, 0.25) is 0 Å². The molecule has 0 fully saturated rings. The van der Waals surface area contributed by atoms with E-state index in [4.69, 9.17) is 0 Å². The molecule has 54 valence electrons. The fourth-order valence-electron chi connectivity index (χ4n) is 0.623. The van der Waals surface area contributed by atoms with Gasteiger partial charge in [-0.25, -0.2) is 0 Å². The van der Waals surface area contributed by atoms with Crippen LogP contribution >= 0.6 is 33.9 Å². The Kier molecular flexibility index (Phi) is 2.24. The maximum atomic E-state index is 10.3. The van der Waals surface area contributed by atoms with Gasteiger partial charge in [0.1, 0.15) is 2.88 Å². The van der Waals surface area contributed by atoms with Crippen molar-refractivity contribution in [1.82, 2.24) is 0 Å². The van der Waals surface area contributed by atoms with Crippen molar-refractivity contribution in [2.24, 2.45) is 0 Å². The summed E-state index contributed by atoms with van der Waals surface area (Å²) < 4.78 is 0.750. The average molecular weight is 269 g/mol. The molecule has 0 amide bonds. The molecule has 0 aromatic carbocycles. The minimum atomic E-state index is -0.340. The third-order valence-corrected chi connectivity index (χ3v) is 3.23. The zero-order valence-corrected chi connectivity index (χ0v) is 8.10. The number of aryl methyl sites for hydroxylation is 1. The van der Waals surface area contributed by atoms with Gasteiger partial charge < -0.3 is 0 Å². The Morgan fingerprint density at radius 2 is 2.40 bits per heavy atom. The van der Waals surface area contributed by atoms with Crippen LogP contribution in [0.15, 0.2) is 5.38 Å². The van der Waals surface area contributed by atoms with Gasteiger partial charge in [-0.3, -0.25) is 10.1 Å². The van der Waals surface area contributed by atoms with Crippen molar-refractivity contribution >= 4 is 39.6 Å². The summed E-state index contributed by atoms with van der Waals surface area (Å²) in [7, 11) is 0. The Bertz CT molecular complexity index is 251. The summed E-state index contributed by atoms with van der Waals surface area (Å²) in [5, 5.41) is 12.1. The Morgan fingerprint density at radius 3 is 2.60 bits per heavy atom. The summed E-state index contributed by atoms with van der Waals surface area (Å²) in [6, 6.07) is 0. The van der Waals surface area contributed by atoms with Gasteiger partial charge in [-0.2, -0.15) is 0 Å². The Balaban J connectivity index is 3.23. The van der Waals surface area contributed by atoms with Crippen LogP contribution in [0.1, 0.15) is 5.56 Å². The van der Waals surface area contributed by atoms with Crippen LogP contribution in [0.5, 0.6) is 0 Å². The maximum absolute atomic E-state index is 10.3. The molecule has 0 unspecified atom stereocenters. The van der Waals surface area contributed by atoms with Gasteiger partial charge in [-0.05, 0) is 29.5 Å². The molecule has 0 aliphatic heterocycles. The van der Waals surface area contributed by atoms with Gasteiger partial charge in [0.15, 0.2) is 0 Å². The second-order valence-corrected chi connectivity index (χ2v) is 4.49. The van der Waals surface area contributed by atoms with E-state index in [1.165, 1.54) is 11.3 Å². The molecule has 1 rings (SSSR count). The molecule has 1 aromatic rings. The largest absolute Gasteiger partial charge is 0.296 e. The quantitative estimate of drug-likeness (QED) is 0.446. The lowest BCUT2D eigenvalue weighted by Gasteiger charge is -1.86. The number of hydrogen-bond donors (Lipinski definition) is 0. The summed E-state index contributed by atoms with van der Waals surface area (Å²) in [6.07, 6.45) is 0. The molecule has 0 aliphatic rings. The number of rotatable bonds is 1. The minimum Gasteiger partial charge on any atom is -0.258 e. The highest BCUT2D eigenvalue weighted by Crippen LogP contribution is 2.30. The van der Waals surface area contributed by atoms with Crippen LogP contribution in [-0.2, 0) is 0 Å². The number of halogens is 1. The summed E-state index contributed by atoms with van der Waals surface area (Å²) in [6.45, 7) is 1.75. The zero-order valence-electron chi connectivity index (χ0n) is 5.13. The number of nitrogens with zero attached hydrogens (tertiary/aromatic N) is 1. The third-order valence-electron chi connectivity index (χ3n) is 1.08. The summed E-state index contributed by atoms with van der Waals surface area (Å²) in [4.78, 5) is 9.97. The van der Waals surface area contributed by atoms with Crippen LogP contribution in [0.4, 0.5) is 5.69 Å². The van der Waals surface area contributed by atoms with Gasteiger partial charge >= 0.3 is 0 Å². The number of hydrogen-bond acceptors (Lipinski definition) is 3. The van der Waals surface area contributed by atoms with E-state index < -0.39 is 0 Å². The summed E-state index contributed by atoms with van der Waals surface area (Å²) in [5.41, 5.74) is 1.00. The topological polar surface area (TPSA) is 43.1 Å². The Morgan fingerprint density at radius 1 is 1.80 bits per heavy atom. The highest BCUT2D eigenvalue weighted by atomic mass is 127. The predicted octanol–water partition coefficient (Wildman–Crippen LogP) is 2.57. The molecule has 0 saturated carbocycles. The first-order valence-electron chi connectivity index (χ1n) is 2.51. The van der Waals surface area contributed by atoms with Gasteiger partial charge in [0.25, 0.3) is 5.69 Å². The third kappa shape index (κ3) is 1.29. The zero-order chi connectivity index (χ0) is 7.72. The molecule has 5 heteroatoms. The molecule has 0 aliphatic carbocycles. The van der Waals surface area contributed by atoms with E-state index in [1.807, 2.05) is 22.6 Å². The molecule has 0 radical (unpaired) electrons. The van der Waals surface area contributed by atoms with Crippen molar-refractivity contribution in [2.75, 3.05) is 0 Å². The van der Waals surface area contributed by atoms with E-state index in [1.54, 1.807) is 12.3 Å². The minimum absolute atomic E-state index is 0.255. The van der Waals surface area contributed by atoms with E-state index >= 15 is 0 Å². The normalized spacial score (nSPS) is 9.80. The van der Waals surface area contributed by atoms with Crippen molar-refractivity contribution in [3.8, 4) is 0 Å². The lowest BCUT2D eigenvalue weighted by molar-refractivity contribution is -0.385. The van der Waals surface area contributed by atoms with Crippen molar-refractivity contribution in [2.45, 2.75) is 6.92 Å². The average Bonchev–Trinajstić information content (AvgIpc) is 2.11. The molecule has 0 spiro atoms. The monoisotopic (exact) mass is 269 g/mol. The maximum Gasteiger partial charge on any atom is 0.296 e. The summed E-state index contributed by atoms with van der Waals surface area (Å²) >= 11 is 3.38. The van der Waals surface area contributed by atoms with E-state index in [9.17, 15) is 10.1 Å². The van der Waals surface area contributed by atoms with Gasteiger partial charge in [-0.15, -0.1) is 11.3 Å². The molecule has 1 aromatic heterocycles.